The molecule has 1 aliphatic carbocycles. The van der Waals surface area contributed by atoms with Crippen LogP contribution in [-0.4, -0.2) is 0 Å². The average molecular weight is 170 g/mol. The highest BCUT2D eigenvalue weighted by Gasteiger charge is 2.39. The molecule has 0 saturated heterocycles. The first-order valence-electron chi connectivity index (χ1n) is 5.22. The van der Waals surface area contributed by atoms with E-state index in [2.05, 4.69) is 20.8 Å². The van der Waals surface area contributed by atoms with E-state index in [0.717, 1.165) is 11.3 Å². The lowest BCUT2D eigenvalue weighted by molar-refractivity contribution is 0.0441. The summed E-state index contributed by atoms with van der Waals surface area (Å²) < 4.78 is 0. The molecular formula is C12H26. The van der Waals surface area contributed by atoms with Crippen molar-refractivity contribution in [3.05, 3.63) is 0 Å². The van der Waals surface area contributed by atoms with Gasteiger partial charge in [-0.05, 0) is 37.0 Å². The van der Waals surface area contributed by atoms with Gasteiger partial charge in [-0.25, -0.2) is 0 Å². The lowest BCUT2D eigenvalue weighted by atomic mass is 9.58. The molecule has 0 nitrogen and oxygen atoms in total. The predicted octanol–water partition coefficient (Wildman–Crippen LogP) is 4.64. The molecule has 0 aromatic heterocycles. The lowest BCUT2D eigenvalue weighted by Gasteiger charge is -2.47. The Morgan fingerprint density at radius 1 is 1.08 bits per heavy atom. The van der Waals surface area contributed by atoms with Crippen LogP contribution >= 0.6 is 0 Å². The molecule has 12 heavy (non-hydrogen) atoms. The van der Waals surface area contributed by atoms with Gasteiger partial charge in [0, 0.05) is 0 Å². The first-order valence-corrected chi connectivity index (χ1v) is 5.22. The largest absolute Gasteiger partial charge is 0.0776 e. The van der Waals surface area contributed by atoms with Gasteiger partial charge in [-0.1, -0.05) is 41.0 Å². The van der Waals surface area contributed by atoms with Crippen molar-refractivity contribution in [1.29, 1.82) is 0 Å². The van der Waals surface area contributed by atoms with Crippen LogP contribution < -0.4 is 0 Å². The number of rotatable bonds is 4. The van der Waals surface area contributed by atoms with Gasteiger partial charge in [0.15, 0.2) is 0 Å². The minimum absolute atomic E-state index is 0. The second-order valence-corrected chi connectivity index (χ2v) is 4.51. The second-order valence-electron chi connectivity index (χ2n) is 4.51. The van der Waals surface area contributed by atoms with E-state index in [9.17, 15) is 0 Å². The lowest BCUT2D eigenvalue weighted by Crippen LogP contribution is -2.35. The molecule has 0 aromatic carbocycles. The Kier molecular flexibility index (Phi) is 4.89. The summed E-state index contributed by atoms with van der Waals surface area (Å²) in [5, 5.41) is 0. The van der Waals surface area contributed by atoms with E-state index in [1.807, 2.05) is 0 Å². The molecule has 0 spiro atoms. The Labute approximate surface area is 78.8 Å². The highest BCUT2D eigenvalue weighted by atomic mass is 14.4. The van der Waals surface area contributed by atoms with Crippen LogP contribution in [0.5, 0.6) is 0 Å². The fraction of sp³-hybridized carbons (Fsp3) is 1.00. The summed E-state index contributed by atoms with van der Waals surface area (Å²) in [6, 6.07) is 0. The first-order chi connectivity index (χ1) is 5.22. The van der Waals surface area contributed by atoms with Crippen molar-refractivity contribution in [3.8, 4) is 0 Å². The fourth-order valence-corrected chi connectivity index (χ4v) is 3.01. The number of hydrogen-bond acceptors (Lipinski definition) is 0. The summed E-state index contributed by atoms with van der Waals surface area (Å²) in [5.41, 5.74) is 0.795. The van der Waals surface area contributed by atoms with E-state index >= 15 is 0 Å². The van der Waals surface area contributed by atoms with E-state index in [0.29, 0.717) is 0 Å². The minimum Gasteiger partial charge on any atom is -0.0776 e. The first kappa shape index (κ1) is 12.0. The molecule has 0 aliphatic heterocycles. The molecule has 1 rings (SSSR count). The van der Waals surface area contributed by atoms with Crippen molar-refractivity contribution in [2.45, 2.75) is 66.7 Å². The zero-order valence-corrected chi connectivity index (χ0v) is 8.32. The third-order valence-corrected chi connectivity index (χ3v) is 3.12. The van der Waals surface area contributed by atoms with E-state index < -0.39 is 0 Å². The molecule has 1 aliphatic rings. The van der Waals surface area contributed by atoms with Crippen molar-refractivity contribution in [2.75, 3.05) is 0 Å². The summed E-state index contributed by atoms with van der Waals surface area (Å²) in [5.74, 6) is 1.02. The highest BCUT2D eigenvalue weighted by molar-refractivity contribution is 4.90. The monoisotopic (exact) mass is 170 g/mol. The van der Waals surface area contributed by atoms with Crippen molar-refractivity contribution < 1.29 is 0 Å². The molecule has 74 valence electrons. The van der Waals surface area contributed by atoms with E-state index in [4.69, 9.17) is 0 Å². The Hall–Kier alpha value is 0. The Bertz CT molecular complexity index is 93.7. The van der Waals surface area contributed by atoms with Gasteiger partial charge in [-0.3, -0.25) is 0 Å². The molecule has 0 heteroatoms. The van der Waals surface area contributed by atoms with Gasteiger partial charge in [-0.15, -0.1) is 0 Å². The minimum atomic E-state index is 0. The van der Waals surface area contributed by atoms with Crippen LogP contribution in [0.3, 0.4) is 0 Å². The SMILES string of the molecule is C.CCCC1(CCC)CC(C)C1. The van der Waals surface area contributed by atoms with Crippen LogP contribution in [-0.2, 0) is 0 Å². The van der Waals surface area contributed by atoms with Gasteiger partial charge in [-0.2, -0.15) is 0 Å². The summed E-state index contributed by atoms with van der Waals surface area (Å²) in [7, 11) is 0. The Balaban J connectivity index is 0.00000121. The highest BCUT2D eigenvalue weighted by Crippen LogP contribution is 2.51. The summed E-state index contributed by atoms with van der Waals surface area (Å²) in [6.07, 6.45) is 8.74. The molecule has 0 bridgehead atoms. The molecule has 0 aromatic rings. The van der Waals surface area contributed by atoms with Crippen molar-refractivity contribution in [1.82, 2.24) is 0 Å². The molecule has 0 N–H and O–H groups in total. The maximum Gasteiger partial charge on any atom is -0.0293 e. The van der Waals surface area contributed by atoms with Gasteiger partial charge in [0.05, 0.1) is 0 Å². The quantitative estimate of drug-likeness (QED) is 0.576. The zero-order chi connectivity index (χ0) is 8.32. The zero-order valence-electron chi connectivity index (χ0n) is 8.32. The van der Waals surface area contributed by atoms with Crippen LogP contribution in [0.1, 0.15) is 66.7 Å². The van der Waals surface area contributed by atoms with E-state index in [1.54, 1.807) is 0 Å². The van der Waals surface area contributed by atoms with Crippen LogP contribution in [0.2, 0.25) is 0 Å². The summed E-state index contributed by atoms with van der Waals surface area (Å²) in [4.78, 5) is 0. The van der Waals surface area contributed by atoms with Crippen LogP contribution in [0.25, 0.3) is 0 Å². The standard InChI is InChI=1S/C11H22.CH4/c1-4-6-11(7-5-2)8-10(3)9-11;/h10H,4-9H2,1-3H3;1H4. The molecule has 0 amide bonds. The molecule has 0 unspecified atom stereocenters. The molecule has 1 saturated carbocycles. The predicted molar refractivity (Wildman–Crippen MR) is 57.4 cm³/mol. The molecular weight excluding hydrogens is 144 g/mol. The number of hydrogen-bond donors (Lipinski definition) is 0. The van der Waals surface area contributed by atoms with Crippen LogP contribution in [0.4, 0.5) is 0 Å². The average Bonchev–Trinajstić information content (AvgIpc) is 1.86. The third-order valence-electron chi connectivity index (χ3n) is 3.12. The second kappa shape index (κ2) is 4.89. The molecule has 0 radical (unpaired) electrons. The maximum absolute atomic E-state index is 2.39. The molecule has 0 heterocycles. The topological polar surface area (TPSA) is 0 Å². The van der Waals surface area contributed by atoms with Crippen molar-refractivity contribution >= 4 is 0 Å². The van der Waals surface area contributed by atoms with Crippen LogP contribution in [0.15, 0.2) is 0 Å². The van der Waals surface area contributed by atoms with Crippen molar-refractivity contribution in [3.63, 3.8) is 0 Å². The molecule has 0 atom stereocenters. The molecule has 1 fully saturated rings. The van der Waals surface area contributed by atoms with Gasteiger partial charge < -0.3 is 0 Å². The summed E-state index contributed by atoms with van der Waals surface area (Å²) >= 11 is 0. The van der Waals surface area contributed by atoms with E-state index in [1.165, 1.54) is 38.5 Å². The van der Waals surface area contributed by atoms with Gasteiger partial charge in [0.2, 0.25) is 0 Å². The third kappa shape index (κ3) is 2.50. The van der Waals surface area contributed by atoms with E-state index in [-0.39, 0.29) is 7.43 Å². The van der Waals surface area contributed by atoms with Gasteiger partial charge in [0.1, 0.15) is 0 Å². The van der Waals surface area contributed by atoms with Gasteiger partial charge >= 0.3 is 0 Å². The van der Waals surface area contributed by atoms with Crippen molar-refractivity contribution in [2.24, 2.45) is 11.3 Å². The smallest absolute Gasteiger partial charge is 0.0293 e. The Morgan fingerprint density at radius 2 is 1.50 bits per heavy atom. The normalized spacial score (nSPS) is 21.2. The maximum atomic E-state index is 2.39. The fourth-order valence-electron chi connectivity index (χ4n) is 3.01. The summed E-state index contributed by atoms with van der Waals surface area (Å²) in [6.45, 7) is 7.03. The van der Waals surface area contributed by atoms with Crippen LogP contribution in [0, 0.1) is 11.3 Å². The van der Waals surface area contributed by atoms with Gasteiger partial charge in [0.25, 0.3) is 0 Å². The Morgan fingerprint density at radius 3 is 1.75 bits per heavy atom.